The number of nitrogens with zero attached hydrogens (tertiary/aromatic N) is 2. The van der Waals surface area contributed by atoms with E-state index in [9.17, 15) is 9.59 Å². The number of esters is 1. The molecule has 142 valence electrons. The molecule has 1 aromatic carbocycles. The van der Waals surface area contributed by atoms with Crippen LogP contribution in [0.5, 0.6) is 0 Å². The number of aromatic nitrogens is 1. The van der Waals surface area contributed by atoms with Gasteiger partial charge >= 0.3 is 5.97 Å². The van der Waals surface area contributed by atoms with Gasteiger partial charge < -0.3 is 9.30 Å². The zero-order valence-electron chi connectivity index (χ0n) is 16.1. The van der Waals surface area contributed by atoms with Crippen LogP contribution in [0.4, 0.5) is 0 Å². The molecule has 0 aliphatic rings. The Morgan fingerprint density at radius 1 is 1.19 bits per heavy atom. The Labute approximate surface area is 158 Å². The Kier molecular flexibility index (Phi) is 7.57. The van der Waals surface area contributed by atoms with Gasteiger partial charge in [-0.15, -0.1) is 0 Å². The second kappa shape index (κ2) is 9.67. The van der Waals surface area contributed by atoms with E-state index in [2.05, 4.69) is 24.9 Å². The van der Waals surface area contributed by atoms with Crippen molar-refractivity contribution in [2.45, 2.75) is 59.9 Å². The number of ether oxygens (including phenoxy) is 1. The second-order valence-electron chi connectivity index (χ2n) is 6.47. The summed E-state index contributed by atoms with van der Waals surface area (Å²) in [6, 6.07) is 6.03. The van der Waals surface area contributed by atoms with Crippen LogP contribution in [0.3, 0.4) is 0 Å². The van der Waals surface area contributed by atoms with Crippen molar-refractivity contribution in [2.75, 3.05) is 6.61 Å². The molecule has 0 aliphatic carbocycles. The van der Waals surface area contributed by atoms with Gasteiger partial charge in [0.1, 0.15) is 6.54 Å². The molecule has 1 aromatic heterocycles. The lowest BCUT2D eigenvalue weighted by Gasteiger charge is -2.10. The molecular weight excluding hydrogens is 348 g/mol. The van der Waals surface area contributed by atoms with Crippen molar-refractivity contribution in [3.63, 3.8) is 0 Å². The molecule has 26 heavy (non-hydrogen) atoms. The molecule has 1 amide bonds. The third-order valence-corrected chi connectivity index (χ3v) is 5.30. The number of hydrogen-bond donors (Lipinski definition) is 0. The number of benzene rings is 1. The zero-order valence-corrected chi connectivity index (χ0v) is 16.9. The fourth-order valence-electron chi connectivity index (χ4n) is 3.03. The van der Waals surface area contributed by atoms with E-state index < -0.39 is 0 Å². The van der Waals surface area contributed by atoms with Gasteiger partial charge in [-0.1, -0.05) is 44.1 Å². The molecule has 0 aliphatic heterocycles. The summed E-state index contributed by atoms with van der Waals surface area (Å²) in [6.45, 7) is 8.37. The van der Waals surface area contributed by atoms with Crippen LogP contribution >= 0.6 is 11.3 Å². The number of amides is 1. The normalized spacial score (nSPS) is 12.1. The summed E-state index contributed by atoms with van der Waals surface area (Å²) in [5.74, 6) is -0.456. The van der Waals surface area contributed by atoms with Gasteiger partial charge in [0, 0.05) is 5.92 Å². The predicted molar refractivity (Wildman–Crippen MR) is 105 cm³/mol. The van der Waals surface area contributed by atoms with E-state index in [0.29, 0.717) is 11.4 Å². The SMILES string of the molecule is CCCC(CCC)C(=O)N=c1sc2cc(C)ccc2n1CC(=O)OCC. The Morgan fingerprint density at radius 2 is 1.88 bits per heavy atom. The van der Waals surface area contributed by atoms with Gasteiger partial charge in [-0.2, -0.15) is 4.99 Å². The Balaban J connectivity index is 2.49. The minimum Gasteiger partial charge on any atom is -0.465 e. The molecule has 1 heterocycles. The summed E-state index contributed by atoms with van der Waals surface area (Å²) in [4.78, 5) is 29.7. The highest BCUT2D eigenvalue weighted by molar-refractivity contribution is 7.16. The smallest absolute Gasteiger partial charge is 0.326 e. The van der Waals surface area contributed by atoms with Gasteiger partial charge in [-0.3, -0.25) is 9.59 Å². The predicted octanol–water partition coefficient (Wildman–Crippen LogP) is 4.22. The molecule has 0 fully saturated rings. The molecule has 6 heteroatoms. The van der Waals surface area contributed by atoms with E-state index >= 15 is 0 Å². The second-order valence-corrected chi connectivity index (χ2v) is 7.48. The van der Waals surface area contributed by atoms with E-state index in [0.717, 1.165) is 41.5 Å². The van der Waals surface area contributed by atoms with Crippen LogP contribution in [0, 0.1) is 12.8 Å². The van der Waals surface area contributed by atoms with E-state index in [1.54, 1.807) is 11.5 Å². The molecule has 0 atom stereocenters. The Bertz CT molecular complexity index is 829. The van der Waals surface area contributed by atoms with Crippen LogP contribution in [0.25, 0.3) is 10.2 Å². The van der Waals surface area contributed by atoms with E-state index in [1.807, 2.05) is 19.1 Å². The third-order valence-electron chi connectivity index (χ3n) is 4.26. The number of hydrogen-bond acceptors (Lipinski definition) is 4. The summed E-state index contributed by atoms with van der Waals surface area (Å²) < 4.78 is 7.90. The first-order valence-electron chi connectivity index (χ1n) is 9.34. The highest BCUT2D eigenvalue weighted by Gasteiger charge is 2.18. The van der Waals surface area contributed by atoms with E-state index in [4.69, 9.17) is 4.74 Å². The topological polar surface area (TPSA) is 60.7 Å². The average Bonchev–Trinajstić information content (AvgIpc) is 2.91. The van der Waals surface area contributed by atoms with E-state index in [1.165, 1.54) is 11.3 Å². The highest BCUT2D eigenvalue weighted by Crippen LogP contribution is 2.20. The van der Waals surface area contributed by atoms with Gasteiger partial charge in [0.05, 0.1) is 16.8 Å². The van der Waals surface area contributed by atoms with Gasteiger partial charge in [0.25, 0.3) is 5.91 Å². The Morgan fingerprint density at radius 3 is 2.50 bits per heavy atom. The average molecular weight is 377 g/mol. The molecule has 0 bridgehead atoms. The summed E-state index contributed by atoms with van der Waals surface area (Å²) >= 11 is 1.45. The lowest BCUT2D eigenvalue weighted by Crippen LogP contribution is -2.24. The molecule has 2 rings (SSSR count). The van der Waals surface area contributed by atoms with Crippen LogP contribution in [0.15, 0.2) is 23.2 Å². The molecule has 0 unspecified atom stereocenters. The lowest BCUT2D eigenvalue weighted by atomic mass is 9.98. The first-order valence-corrected chi connectivity index (χ1v) is 10.2. The number of aryl methyl sites for hydroxylation is 1. The van der Waals surface area contributed by atoms with Gasteiger partial charge in [-0.05, 0) is 44.4 Å². The maximum atomic E-state index is 12.7. The summed E-state index contributed by atoms with van der Waals surface area (Å²) in [6.07, 6.45) is 3.61. The van der Waals surface area contributed by atoms with Crippen molar-refractivity contribution < 1.29 is 14.3 Å². The molecule has 0 saturated carbocycles. The minimum atomic E-state index is -0.319. The first-order chi connectivity index (χ1) is 12.5. The maximum absolute atomic E-state index is 12.7. The van der Waals surface area contributed by atoms with Gasteiger partial charge in [-0.25, -0.2) is 0 Å². The maximum Gasteiger partial charge on any atom is 0.326 e. The van der Waals surface area contributed by atoms with Crippen LogP contribution in [-0.2, 0) is 20.9 Å². The molecule has 0 N–H and O–H groups in total. The molecule has 2 aromatic rings. The number of carbonyl (C=O) groups is 2. The summed E-state index contributed by atoms with van der Waals surface area (Å²) in [7, 11) is 0. The van der Waals surface area contributed by atoms with Crippen LogP contribution < -0.4 is 4.80 Å². The molecule has 0 spiro atoms. The molecular formula is C20H28N2O3S. The standard InChI is InChI=1S/C20H28N2O3S/c1-5-8-15(9-6-2)19(24)21-20-22(13-18(23)25-7-3)16-11-10-14(4)12-17(16)26-20/h10-12,15H,5-9,13H2,1-4H3. The number of thiazole rings is 1. The third kappa shape index (κ3) is 5.04. The van der Waals surface area contributed by atoms with Gasteiger partial charge in [0.15, 0.2) is 4.80 Å². The van der Waals surface area contributed by atoms with Crippen LogP contribution in [0.1, 0.15) is 52.0 Å². The van der Waals surface area contributed by atoms with Crippen molar-refractivity contribution in [2.24, 2.45) is 10.9 Å². The summed E-state index contributed by atoms with van der Waals surface area (Å²) in [5, 5.41) is 0. The van der Waals surface area contributed by atoms with Crippen molar-refractivity contribution in [3.8, 4) is 0 Å². The van der Waals surface area contributed by atoms with Gasteiger partial charge in [0.2, 0.25) is 0 Å². The first kappa shape index (κ1) is 20.4. The molecule has 0 radical (unpaired) electrons. The fourth-order valence-corrected chi connectivity index (χ4v) is 4.16. The quantitative estimate of drug-likeness (QED) is 0.648. The molecule has 5 nitrogen and oxygen atoms in total. The largest absolute Gasteiger partial charge is 0.465 e. The Hall–Kier alpha value is -1.95. The highest BCUT2D eigenvalue weighted by atomic mass is 32.1. The van der Waals surface area contributed by atoms with Crippen molar-refractivity contribution in [1.29, 1.82) is 0 Å². The van der Waals surface area contributed by atoms with E-state index in [-0.39, 0.29) is 24.3 Å². The van der Waals surface area contributed by atoms with Crippen molar-refractivity contribution in [3.05, 3.63) is 28.6 Å². The summed E-state index contributed by atoms with van der Waals surface area (Å²) in [5.41, 5.74) is 2.04. The minimum absolute atomic E-state index is 0.0482. The van der Waals surface area contributed by atoms with Crippen LogP contribution in [0.2, 0.25) is 0 Å². The lowest BCUT2D eigenvalue weighted by molar-refractivity contribution is -0.143. The van der Waals surface area contributed by atoms with Crippen LogP contribution in [-0.4, -0.2) is 23.1 Å². The molecule has 0 saturated heterocycles. The van der Waals surface area contributed by atoms with Crippen molar-refractivity contribution >= 4 is 33.4 Å². The fraction of sp³-hybridized carbons (Fsp3) is 0.550. The van der Waals surface area contributed by atoms with Crippen molar-refractivity contribution in [1.82, 2.24) is 4.57 Å². The number of rotatable bonds is 8. The zero-order chi connectivity index (χ0) is 19.1. The monoisotopic (exact) mass is 376 g/mol. The number of carbonyl (C=O) groups excluding carboxylic acids is 2. The number of fused-ring (bicyclic) bond motifs is 1.